The molecule has 0 radical (unpaired) electrons. The molecule has 1 aliphatic rings. The zero-order chi connectivity index (χ0) is 14.8. The Morgan fingerprint density at radius 3 is 2.85 bits per heavy atom. The fourth-order valence-electron chi connectivity index (χ4n) is 2.33. The van der Waals surface area contributed by atoms with E-state index in [2.05, 4.69) is 36.4 Å². The van der Waals surface area contributed by atoms with Crippen LogP contribution in [0.5, 0.6) is 0 Å². The third-order valence-electron chi connectivity index (χ3n) is 3.55. The van der Waals surface area contributed by atoms with Crippen molar-refractivity contribution in [3.63, 3.8) is 0 Å². The van der Waals surface area contributed by atoms with E-state index in [1.807, 2.05) is 12.4 Å². The van der Waals surface area contributed by atoms with Gasteiger partial charge < -0.3 is 10.6 Å². The normalized spacial score (nSPS) is 22.3. The maximum Gasteiger partial charge on any atom is 0.229 e. The van der Waals surface area contributed by atoms with Crippen LogP contribution in [-0.4, -0.2) is 16.9 Å². The number of nitrogens with zero attached hydrogens (tertiary/aromatic N) is 2. The van der Waals surface area contributed by atoms with Crippen LogP contribution in [0.1, 0.15) is 44.9 Å². The van der Waals surface area contributed by atoms with Crippen LogP contribution in [0.25, 0.3) is 0 Å². The molecule has 20 heavy (non-hydrogen) atoms. The highest BCUT2D eigenvalue weighted by Crippen LogP contribution is 2.31. The quantitative estimate of drug-likeness (QED) is 0.663. The molecule has 1 fully saturated rings. The molecule has 1 amide bonds. The summed E-state index contributed by atoms with van der Waals surface area (Å²) in [6.45, 7) is 6.38. The first-order valence-corrected chi connectivity index (χ1v) is 7.63. The summed E-state index contributed by atoms with van der Waals surface area (Å²) in [5.74, 6) is -0.00937. The predicted octanol–water partition coefficient (Wildman–Crippen LogP) is 2.62. The van der Waals surface area contributed by atoms with Crippen LogP contribution < -0.4 is 10.6 Å². The van der Waals surface area contributed by atoms with Crippen molar-refractivity contribution in [2.75, 3.05) is 5.32 Å². The minimum absolute atomic E-state index is 0.0158. The summed E-state index contributed by atoms with van der Waals surface area (Å²) in [7, 11) is 0. The average Bonchev–Trinajstić information content (AvgIpc) is 2.97. The molecule has 5 nitrogen and oxygen atoms in total. The van der Waals surface area contributed by atoms with Gasteiger partial charge in [-0.25, -0.2) is 4.98 Å². The molecule has 2 N–H and O–H groups in total. The minimum Gasteiger partial charge on any atom is -0.321 e. The Hall–Kier alpha value is -1.61. The van der Waals surface area contributed by atoms with Crippen molar-refractivity contribution in [2.24, 2.45) is 5.92 Å². The number of nitrogens with one attached hydrogen (secondary N) is 2. The minimum atomic E-state index is -0.0252. The largest absolute Gasteiger partial charge is 0.321 e. The van der Waals surface area contributed by atoms with Crippen LogP contribution in [0.3, 0.4) is 0 Å². The van der Waals surface area contributed by atoms with E-state index in [-0.39, 0.29) is 23.3 Å². The van der Waals surface area contributed by atoms with Gasteiger partial charge in [0.2, 0.25) is 5.91 Å². The van der Waals surface area contributed by atoms with Gasteiger partial charge in [0.15, 0.2) is 11.3 Å². The molecule has 2 atom stereocenters. The average molecular weight is 292 g/mol. The number of hydrogen-bond acceptors (Lipinski definition) is 5. The molecule has 108 valence electrons. The molecule has 0 aliphatic heterocycles. The van der Waals surface area contributed by atoms with E-state index in [4.69, 9.17) is 5.26 Å². The summed E-state index contributed by atoms with van der Waals surface area (Å²) in [6, 6.07) is 0.136. The van der Waals surface area contributed by atoms with Gasteiger partial charge in [0.05, 0.1) is 0 Å². The van der Waals surface area contributed by atoms with Crippen LogP contribution in [0.4, 0.5) is 5.13 Å². The van der Waals surface area contributed by atoms with Crippen LogP contribution in [-0.2, 0) is 10.2 Å². The lowest BCUT2D eigenvalue weighted by atomic mass is 9.96. The summed E-state index contributed by atoms with van der Waals surface area (Å²) < 4.78 is 0. The SMILES string of the molecule is CC(C)(C)c1cnc(NC(=O)[C@H]2CC[C@@H](NC#N)C2)s1. The molecular weight excluding hydrogens is 272 g/mol. The Morgan fingerprint density at radius 2 is 2.25 bits per heavy atom. The lowest BCUT2D eigenvalue weighted by Gasteiger charge is -2.14. The maximum absolute atomic E-state index is 12.2. The van der Waals surface area contributed by atoms with Crippen LogP contribution in [0, 0.1) is 17.4 Å². The number of hydrogen-bond donors (Lipinski definition) is 2. The number of amides is 1. The van der Waals surface area contributed by atoms with Gasteiger partial charge in [0.25, 0.3) is 0 Å². The van der Waals surface area contributed by atoms with E-state index in [0.717, 1.165) is 24.1 Å². The third kappa shape index (κ3) is 3.48. The zero-order valence-electron chi connectivity index (χ0n) is 12.1. The molecule has 0 saturated heterocycles. The van der Waals surface area contributed by atoms with Gasteiger partial charge in [-0.2, -0.15) is 5.26 Å². The van der Waals surface area contributed by atoms with E-state index in [9.17, 15) is 4.79 Å². The summed E-state index contributed by atoms with van der Waals surface area (Å²) in [5, 5.41) is 14.9. The number of carbonyl (C=O) groups excluding carboxylic acids is 1. The second-order valence-corrected chi connectivity index (χ2v) is 7.26. The molecule has 1 aromatic rings. The monoisotopic (exact) mass is 292 g/mol. The van der Waals surface area contributed by atoms with Gasteiger partial charge >= 0.3 is 0 Å². The lowest BCUT2D eigenvalue weighted by Crippen LogP contribution is -2.25. The molecule has 2 rings (SSSR count). The molecule has 1 saturated carbocycles. The van der Waals surface area contributed by atoms with Gasteiger partial charge in [-0.15, -0.1) is 11.3 Å². The second kappa shape index (κ2) is 5.80. The number of aromatic nitrogens is 1. The lowest BCUT2D eigenvalue weighted by molar-refractivity contribution is -0.119. The standard InChI is InChI=1S/C14H20N4OS/c1-14(2,3)11-7-16-13(20-11)18-12(19)9-4-5-10(6-9)17-8-15/h7,9-10,17H,4-6H2,1-3H3,(H,16,18,19)/t9-,10+/m0/s1. The Kier molecular flexibility index (Phi) is 4.29. The number of nitriles is 1. The predicted molar refractivity (Wildman–Crippen MR) is 79.3 cm³/mol. The van der Waals surface area contributed by atoms with E-state index >= 15 is 0 Å². The van der Waals surface area contributed by atoms with Gasteiger partial charge in [-0.1, -0.05) is 20.8 Å². The zero-order valence-corrected chi connectivity index (χ0v) is 12.9. The maximum atomic E-state index is 12.2. The molecule has 0 unspecified atom stereocenters. The molecule has 1 aromatic heterocycles. The number of anilines is 1. The number of thiazole rings is 1. The molecule has 0 aromatic carbocycles. The van der Waals surface area contributed by atoms with Crippen molar-refractivity contribution in [1.29, 1.82) is 5.26 Å². The Bertz CT molecular complexity index is 526. The summed E-state index contributed by atoms with van der Waals surface area (Å²) in [4.78, 5) is 17.6. The second-order valence-electron chi connectivity index (χ2n) is 6.23. The van der Waals surface area contributed by atoms with Gasteiger partial charge in [0, 0.05) is 23.0 Å². The van der Waals surface area contributed by atoms with Crippen LogP contribution in [0.2, 0.25) is 0 Å². The topological polar surface area (TPSA) is 77.8 Å². The van der Waals surface area contributed by atoms with Crippen molar-refractivity contribution >= 4 is 22.4 Å². The van der Waals surface area contributed by atoms with E-state index < -0.39 is 0 Å². The highest BCUT2D eigenvalue weighted by atomic mass is 32.1. The van der Waals surface area contributed by atoms with E-state index in [1.54, 1.807) is 0 Å². The Labute approximate surface area is 123 Å². The fraction of sp³-hybridized carbons (Fsp3) is 0.643. The molecule has 1 aliphatic carbocycles. The smallest absolute Gasteiger partial charge is 0.229 e. The third-order valence-corrected chi connectivity index (χ3v) is 4.89. The molecule has 0 bridgehead atoms. The van der Waals surface area contributed by atoms with E-state index in [1.165, 1.54) is 11.3 Å². The van der Waals surface area contributed by atoms with Crippen LogP contribution >= 0.6 is 11.3 Å². The molecule has 6 heteroatoms. The molecular formula is C14H20N4OS. The first kappa shape index (κ1) is 14.8. The van der Waals surface area contributed by atoms with Crippen molar-refractivity contribution < 1.29 is 4.79 Å². The van der Waals surface area contributed by atoms with Crippen molar-refractivity contribution in [1.82, 2.24) is 10.3 Å². The van der Waals surface area contributed by atoms with E-state index in [0.29, 0.717) is 5.13 Å². The number of rotatable bonds is 3. The first-order valence-electron chi connectivity index (χ1n) is 6.82. The Morgan fingerprint density at radius 1 is 1.50 bits per heavy atom. The van der Waals surface area contributed by atoms with Crippen molar-refractivity contribution in [2.45, 2.75) is 51.5 Å². The molecule has 0 spiro atoms. The summed E-state index contributed by atoms with van der Waals surface area (Å²) in [5.41, 5.74) is 0.0514. The van der Waals surface area contributed by atoms with Crippen molar-refractivity contribution in [3.05, 3.63) is 11.1 Å². The van der Waals surface area contributed by atoms with Gasteiger partial charge in [0.1, 0.15) is 0 Å². The summed E-state index contributed by atoms with van der Waals surface area (Å²) >= 11 is 1.53. The Balaban J connectivity index is 1.92. The highest BCUT2D eigenvalue weighted by Gasteiger charge is 2.30. The van der Waals surface area contributed by atoms with Gasteiger partial charge in [-0.05, 0) is 24.7 Å². The molecule has 1 heterocycles. The number of carbonyl (C=O) groups is 1. The van der Waals surface area contributed by atoms with Crippen molar-refractivity contribution in [3.8, 4) is 6.19 Å². The van der Waals surface area contributed by atoms with Gasteiger partial charge in [-0.3, -0.25) is 4.79 Å². The summed E-state index contributed by atoms with van der Waals surface area (Å²) in [6.07, 6.45) is 6.19. The first-order chi connectivity index (χ1) is 9.40. The fourth-order valence-corrected chi connectivity index (χ4v) is 3.21. The van der Waals surface area contributed by atoms with Crippen LogP contribution in [0.15, 0.2) is 6.20 Å². The highest BCUT2D eigenvalue weighted by molar-refractivity contribution is 7.15.